The number of hydrogen-bond acceptors (Lipinski definition) is 3. The van der Waals surface area contributed by atoms with Crippen LogP contribution in [0.4, 0.5) is 0 Å². The van der Waals surface area contributed by atoms with Crippen LogP contribution in [0.3, 0.4) is 0 Å². The summed E-state index contributed by atoms with van der Waals surface area (Å²) in [6.07, 6.45) is 3.83. The Morgan fingerprint density at radius 1 is 1.50 bits per heavy atom. The molecule has 1 unspecified atom stereocenters. The van der Waals surface area contributed by atoms with Gasteiger partial charge in [0.05, 0.1) is 19.2 Å². The number of rotatable bonds is 1. The van der Waals surface area contributed by atoms with Gasteiger partial charge in [0.25, 0.3) is 0 Å². The number of hydrogen-bond donors (Lipinski definition) is 0. The number of carbonyl (C=O) groups excluding carboxylic acids is 1. The third-order valence-corrected chi connectivity index (χ3v) is 3.72. The Kier molecular flexibility index (Phi) is 3.15. The van der Waals surface area contributed by atoms with Gasteiger partial charge in [-0.15, -0.1) is 0 Å². The minimum Gasteiger partial charge on any atom is -0.360 e. The molecule has 0 aromatic heterocycles. The van der Waals surface area contributed by atoms with E-state index in [1.807, 2.05) is 4.90 Å². The summed E-state index contributed by atoms with van der Waals surface area (Å²) in [7, 11) is 0. The fourth-order valence-corrected chi connectivity index (χ4v) is 2.66. The topological polar surface area (TPSA) is 53.3 Å². The van der Waals surface area contributed by atoms with Gasteiger partial charge in [0.1, 0.15) is 0 Å². The van der Waals surface area contributed by atoms with E-state index in [0.29, 0.717) is 19.7 Å². The summed E-state index contributed by atoms with van der Waals surface area (Å²) in [6, 6.07) is 2.08. The molecule has 0 N–H and O–H groups in total. The van der Waals surface area contributed by atoms with E-state index < -0.39 is 6.10 Å². The van der Waals surface area contributed by atoms with Crippen molar-refractivity contribution in [2.45, 2.75) is 38.7 Å². The van der Waals surface area contributed by atoms with E-state index in [1.54, 1.807) is 0 Å². The van der Waals surface area contributed by atoms with Gasteiger partial charge >= 0.3 is 0 Å². The summed E-state index contributed by atoms with van der Waals surface area (Å²) < 4.78 is 5.25. The molecule has 0 aromatic carbocycles. The maximum atomic E-state index is 12.3. The van der Waals surface area contributed by atoms with Gasteiger partial charge in [0, 0.05) is 12.0 Å². The molecule has 0 bridgehead atoms. The largest absolute Gasteiger partial charge is 0.360 e. The maximum Gasteiger partial charge on any atom is 0.228 e. The molecule has 1 heterocycles. The van der Waals surface area contributed by atoms with Crippen LogP contribution in [0.25, 0.3) is 0 Å². The Balaban J connectivity index is 2.01. The van der Waals surface area contributed by atoms with E-state index in [4.69, 9.17) is 10.00 Å². The first-order valence-corrected chi connectivity index (χ1v) is 5.96. The summed E-state index contributed by atoms with van der Waals surface area (Å²) in [5.74, 6) is 0.216. The van der Waals surface area contributed by atoms with Crippen molar-refractivity contribution in [3.05, 3.63) is 0 Å². The predicted octanol–water partition coefficient (Wildman–Crippen LogP) is 1.32. The van der Waals surface area contributed by atoms with Crippen LogP contribution in [-0.4, -0.2) is 36.6 Å². The lowest BCUT2D eigenvalue weighted by molar-refractivity contribution is -0.146. The van der Waals surface area contributed by atoms with Gasteiger partial charge in [0.2, 0.25) is 5.91 Å². The molecule has 88 valence electrons. The van der Waals surface area contributed by atoms with Crippen LogP contribution >= 0.6 is 0 Å². The van der Waals surface area contributed by atoms with Crippen LogP contribution in [0.5, 0.6) is 0 Å². The number of morpholine rings is 1. The van der Waals surface area contributed by atoms with Crippen molar-refractivity contribution in [2.75, 3.05) is 19.7 Å². The van der Waals surface area contributed by atoms with Crippen molar-refractivity contribution in [3.8, 4) is 6.07 Å². The molecule has 4 heteroatoms. The zero-order chi connectivity index (χ0) is 11.6. The fraction of sp³-hybridized carbons (Fsp3) is 0.833. The number of carbonyl (C=O) groups is 1. The lowest BCUT2D eigenvalue weighted by Crippen LogP contribution is -2.49. The lowest BCUT2D eigenvalue weighted by Gasteiger charge is -2.35. The minimum atomic E-state index is -0.442. The first-order chi connectivity index (χ1) is 7.65. The highest BCUT2D eigenvalue weighted by molar-refractivity contribution is 5.82. The van der Waals surface area contributed by atoms with E-state index in [0.717, 1.165) is 25.7 Å². The second-order valence-corrected chi connectivity index (χ2v) is 5.01. The van der Waals surface area contributed by atoms with E-state index in [-0.39, 0.29) is 11.3 Å². The molecule has 1 saturated heterocycles. The Hall–Kier alpha value is -1.08. The van der Waals surface area contributed by atoms with E-state index >= 15 is 0 Å². The molecule has 2 rings (SSSR count). The first kappa shape index (κ1) is 11.4. The maximum absolute atomic E-state index is 12.3. The molecule has 4 nitrogen and oxygen atoms in total. The van der Waals surface area contributed by atoms with Crippen molar-refractivity contribution >= 4 is 5.91 Å². The van der Waals surface area contributed by atoms with Gasteiger partial charge in [-0.3, -0.25) is 4.79 Å². The molecule has 1 amide bonds. The molecule has 1 saturated carbocycles. The fourth-order valence-electron chi connectivity index (χ4n) is 2.66. The van der Waals surface area contributed by atoms with Gasteiger partial charge in [0.15, 0.2) is 6.10 Å². The Labute approximate surface area is 96.2 Å². The summed E-state index contributed by atoms with van der Waals surface area (Å²) in [4.78, 5) is 14.2. The average molecular weight is 222 g/mol. The van der Waals surface area contributed by atoms with Gasteiger partial charge in [-0.05, 0) is 12.8 Å². The van der Waals surface area contributed by atoms with Crippen molar-refractivity contribution < 1.29 is 9.53 Å². The monoisotopic (exact) mass is 222 g/mol. The van der Waals surface area contributed by atoms with Crippen molar-refractivity contribution in [1.82, 2.24) is 4.90 Å². The molecule has 0 spiro atoms. The SMILES string of the molecule is CC1(C(=O)N2CCOC(C#N)C2)CCCC1. The highest BCUT2D eigenvalue weighted by Crippen LogP contribution is 2.39. The second-order valence-electron chi connectivity index (χ2n) is 5.01. The predicted molar refractivity (Wildman–Crippen MR) is 58.5 cm³/mol. The number of nitrogens with zero attached hydrogens (tertiary/aromatic N) is 2. The molecule has 2 fully saturated rings. The summed E-state index contributed by atoms with van der Waals surface area (Å²) in [6.45, 7) is 3.61. The standard InChI is InChI=1S/C12H18N2O2/c1-12(4-2-3-5-12)11(15)14-6-7-16-10(8-13)9-14/h10H,2-7,9H2,1H3. The Bertz CT molecular complexity index is 315. The van der Waals surface area contributed by atoms with E-state index in [9.17, 15) is 4.79 Å². The number of amides is 1. The molecule has 1 atom stereocenters. The molecule has 2 aliphatic rings. The summed E-state index contributed by atoms with van der Waals surface area (Å²) >= 11 is 0. The zero-order valence-corrected chi connectivity index (χ0v) is 9.74. The Morgan fingerprint density at radius 2 is 2.19 bits per heavy atom. The molecule has 1 aliphatic carbocycles. The third-order valence-electron chi connectivity index (χ3n) is 3.72. The average Bonchev–Trinajstić information content (AvgIpc) is 2.76. The van der Waals surface area contributed by atoms with Crippen molar-refractivity contribution in [1.29, 1.82) is 5.26 Å². The van der Waals surface area contributed by atoms with Crippen molar-refractivity contribution in [2.24, 2.45) is 5.41 Å². The van der Waals surface area contributed by atoms with Crippen LogP contribution in [0.15, 0.2) is 0 Å². The molecular weight excluding hydrogens is 204 g/mol. The molecule has 1 aliphatic heterocycles. The summed E-state index contributed by atoms with van der Waals surface area (Å²) in [5.41, 5.74) is -0.183. The zero-order valence-electron chi connectivity index (χ0n) is 9.74. The van der Waals surface area contributed by atoms with Gasteiger partial charge in [-0.25, -0.2) is 0 Å². The molecule has 16 heavy (non-hydrogen) atoms. The third kappa shape index (κ3) is 2.05. The number of nitriles is 1. The number of ether oxygens (including phenoxy) is 1. The highest BCUT2D eigenvalue weighted by atomic mass is 16.5. The summed E-state index contributed by atoms with van der Waals surface area (Å²) in [5, 5.41) is 8.81. The smallest absolute Gasteiger partial charge is 0.228 e. The quantitative estimate of drug-likeness (QED) is 0.672. The van der Waals surface area contributed by atoms with Crippen LogP contribution in [0, 0.1) is 16.7 Å². The molecule has 0 aromatic rings. The molecule has 0 radical (unpaired) electrons. The van der Waals surface area contributed by atoms with Crippen LogP contribution < -0.4 is 0 Å². The van der Waals surface area contributed by atoms with E-state index in [1.165, 1.54) is 0 Å². The second kappa shape index (κ2) is 4.42. The Morgan fingerprint density at radius 3 is 2.81 bits per heavy atom. The lowest BCUT2D eigenvalue weighted by atomic mass is 9.87. The van der Waals surface area contributed by atoms with Crippen molar-refractivity contribution in [3.63, 3.8) is 0 Å². The molecular formula is C12H18N2O2. The van der Waals surface area contributed by atoms with Crippen LogP contribution in [-0.2, 0) is 9.53 Å². The van der Waals surface area contributed by atoms with Gasteiger partial charge in [-0.2, -0.15) is 5.26 Å². The van der Waals surface area contributed by atoms with E-state index in [2.05, 4.69) is 13.0 Å². The minimum absolute atomic E-state index is 0.183. The van der Waals surface area contributed by atoms with Crippen LogP contribution in [0.1, 0.15) is 32.6 Å². The normalized spacial score (nSPS) is 28.8. The van der Waals surface area contributed by atoms with Gasteiger partial charge < -0.3 is 9.64 Å². The highest BCUT2D eigenvalue weighted by Gasteiger charge is 2.40. The first-order valence-electron chi connectivity index (χ1n) is 5.96. The van der Waals surface area contributed by atoms with Gasteiger partial charge in [-0.1, -0.05) is 19.8 Å². The van der Waals surface area contributed by atoms with Crippen LogP contribution in [0.2, 0.25) is 0 Å².